The SMILES string of the molecule is CN(CCO)CCc1coc2ccccc12. The van der Waals surface area contributed by atoms with Gasteiger partial charge < -0.3 is 14.4 Å². The minimum absolute atomic E-state index is 0.211. The van der Waals surface area contributed by atoms with E-state index in [1.807, 2.05) is 31.5 Å². The molecule has 0 fully saturated rings. The van der Waals surface area contributed by atoms with Crippen molar-refractivity contribution in [2.45, 2.75) is 6.42 Å². The van der Waals surface area contributed by atoms with Crippen molar-refractivity contribution < 1.29 is 9.52 Å². The Morgan fingerprint density at radius 3 is 2.88 bits per heavy atom. The van der Waals surface area contributed by atoms with Gasteiger partial charge in [0.2, 0.25) is 0 Å². The zero-order valence-electron chi connectivity index (χ0n) is 9.52. The highest BCUT2D eigenvalue weighted by Gasteiger charge is 2.05. The van der Waals surface area contributed by atoms with Crippen molar-refractivity contribution in [3.63, 3.8) is 0 Å². The van der Waals surface area contributed by atoms with Gasteiger partial charge in [-0.2, -0.15) is 0 Å². The third-order valence-corrected chi connectivity index (χ3v) is 2.81. The van der Waals surface area contributed by atoms with E-state index >= 15 is 0 Å². The Bertz CT molecular complexity index is 450. The van der Waals surface area contributed by atoms with Crippen molar-refractivity contribution in [3.8, 4) is 0 Å². The fraction of sp³-hybridized carbons (Fsp3) is 0.385. The number of aliphatic hydroxyl groups is 1. The monoisotopic (exact) mass is 219 g/mol. The minimum atomic E-state index is 0.211. The van der Waals surface area contributed by atoms with Crippen LogP contribution >= 0.6 is 0 Å². The number of benzene rings is 1. The maximum atomic E-state index is 8.81. The molecular weight excluding hydrogens is 202 g/mol. The summed E-state index contributed by atoms with van der Waals surface area (Å²) in [6.45, 7) is 1.86. The quantitative estimate of drug-likeness (QED) is 0.834. The summed E-state index contributed by atoms with van der Waals surface area (Å²) in [6.07, 6.45) is 2.78. The molecule has 0 spiro atoms. The lowest BCUT2D eigenvalue weighted by molar-refractivity contribution is 0.223. The minimum Gasteiger partial charge on any atom is -0.464 e. The zero-order valence-corrected chi connectivity index (χ0v) is 9.52. The Kier molecular flexibility index (Phi) is 3.59. The molecule has 0 saturated heterocycles. The molecule has 1 aromatic carbocycles. The number of hydrogen-bond donors (Lipinski definition) is 1. The zero-order chi connectivity index (χ0) is 11.4. The van der Waals surface area contributed by atoms with Gasteiger partial charge in [0.15, 0.2) is 0 Å². The highest BCUT2D eigenvalue weighted by molar-refractivity contribution is 5.80. The van der Waals surface area contributed by atoms with Gasteiger partial charge in [-0.25, -0.2) is 0 Å². The molecule has 1 N–H and O–H groups in total. The van der Waals surface area contributed by atoms with Gasteiger partial charge in [-0.15, -0.1) is 0 Å². The van der Waals surface area contributed by atoms with E-state index in [0.29, 0.717) is 0 Å². The van der Waals surface area contributed by atoms with Gasteiger partial charge in [0.05, 0.1) is 12.9 Å². The molecule has 0 amide bonds. The molecule has 1 heterocycles. The van der Waals surface area contributed by atoms with Crippen molar-refractivity contribution in [1.82, 2.24) is 4.90 Å². The molecule has 3 nitrogen and oxygen atoms in total. The maximum Gasteiger partial charge on any atom is 0.134 e. The number of hydrogen-bond acceptors (Lipinski definition) is 3. The van der Waals surface area contributed by atoms with Crippen LogP contribution in [0.5, 0.6) is 0 Å². The van der Waals surface area contributed by atoms with Gasteiger partial charge in [-0.3, -0.25) is 0 Å². The Labute approximate surface area is 95.3 Å². The van der Waals surface area contributed by atoms with Crippen molar-refractivity contribution in [2.24, 2.45) is 0 Å². The van der Waals surface area contributed by atoms with Crippen LogP contribution in [0.3, 0.4) is 0 Å². The molecule has 0 saturated carbocycles. The van der Waals surface area contributed by atoms with Crippen LogP contribution in [0, 0.1) is 0 Å². The lowest BCUT2D eigenvalue weighted by atomic mass is 10.1. The normalized spacial score (nSPS) is 11.4. The van der Waals surface area contributed by atoms with E-state index in [1.54, 1.807) is 0 Å². The Balaban J connectivity index is 2.04. The number of nitrogens with zero attached hydrogens (tertiary/aromatic N) is 1. The summed E-state index contributed by atoms with van der Waals surface area (Å²) in [5.41, 5.74) is 2.18. The summed E-state index contributed by atoms with van der Waals surface area (Å²) in [7, 11) is 2.01. The summed E-state index contributed by atoms with van der Waals surface area (Å²) >= 11 is 0. The molecule has 0 radical (unpaired) electrons. The lowest BCUT2D eigenvalue weighted by Crippen LogP contribution is -2.24. The third kappa shape index (κ3) is 2.43. The standard InChI is InChI=1S/C13H17NO2/c1-14(8-9-15)7-6-11-10-16-13-5-3-2-4-12(11)13/h2-5,10,15H,6-9H2,1H3. The van der Waals surface area contributed by atoms with E-state index in [4.69, 9.17) is 9.52 Å². The summed E-state index contributed by atoms with van der Waals surface area (Å²) < 4.78 is 5.47. The van der Waals surface area contributed by atoms with Crippen LogP contribution in [0.4, 0.5) is 0 Å². The fourth-order valence-corrected chi connectivity index (χ4v) is 1.82. The van der Waals surface area contributed by atoms with Crippen LogP contribution in [0.1, 0.15) is 5.56 Å². The molecule has 0 unspecified atom stereocenters. The van der Waals surface area contributed by atoms with Crippen LogP contribution in [0.15, 0.2) is 34.9 Å². The van der Waals surface area contributed by atoms with Crippen molar-refractivity contribution in [2.75, 3.05) is 26.7 Å². The van der Waals surface area contributed by atoms with Crippen molar-refractivity contribution in [1.29, 1.82) is 0 Å². The summed E-state index contributed by atoms with van der Waals surface area (Å²) in [5, 5.41) is 10.00. The second-order valence-electron chi connectivity index (χ2n) is 4.03. The third-order valence-electron chi connectivity index (χ3n) is 2.81. The van der Waals surface area contributed by atoms with Crippen LogP contribution in [-0.4, -0.2) is 36.8 Å². The highest BCUT2D eigenvalue weighted by atomic mass is 16.3. The first-order chi connectivity index (χ1) is 7.81. The Hall–Kier alpha value is -1.32. The number of furan rings is 1. The van der Waals surface area contributed by atoms with Gasteiger partial charge in [0.25, 0.3) is 0 Å². The Morgan fingerprint density at radius 2 is 2.06 bits per heavy atom. The first kappa shape index (κ1) is 11.2. The van der Waals surface area contributed by atoms with Crippen LogP contribution < -0.4 is 0 Å². The number of aliphatic hydroxyl groups excluding tert-OH is 1. The number of para-hydroxylation sites is 1. The van der Waals surface area contributed by atoms with Gasteiger partial charge >= 0.3 is 0 Å². The van der Waals surface area contributed by atoms with Crippen LogP contribution in [-0.2, 0) is 6.42 Å². The summed E-state index contributed by atoms with van der Waals surface area (Å²) in [5.74, 6) is 0. The lowest BCUT2D eigenvalue weighted by Gasteiger charge is -2.13. The highest BCUT2D eigenvalue weighted by Crippen LogP contribution is 2.20. The second kappa shape index (κ2) is 5.14. The number of fused-ring (bicyclic) bond motifs is 1. The van der Waals surface area contributed by atoms with Gasteiger partial charge in [-0.1, -0.05) is 18.2 Å². The molecule has 2 aromatic rings. The summed E-state index contributed by atoms with van der Waals surface area (Å²) in [4.78, 5) is 2.11. The molecule has 1 aromatic heterocycles. The Morgan fingerprint density at radius 1 is 1.25 bits per heavy atom. The fourth-order valence-electron chi connectivity index (χ4n) is 1.82. The van der Waals surface area contributed by atoms with E-state index in [1.165, 1.54) is 10.9 Å². The topological polar surface area (TPSA) is 36.6 Å². The molecule has 0 aliphatic heterocycles. The number of likely N-dealkylation sites (N-methyl/N-ethyl adjacent to an activating group) is 1. The van der Waals surface area contributed by atoms with Gasteiger partial charge in [-0.05, 0) is 25.1 Å². The van der Waals surface area contributed by atoms with E-state index in [-0.39, 0.29) is 6.61 Å². The molecule has 0 atom stereocenters. The largest absolute Gasteiger partial charge is 0.464 e. The molecule has 86 valence electrons. The molecule has 2 rings (SSSR count). The van der Waals surface area contributed by atoms with E-state index < -0.39 is 0 Å². The number of rotatable bonds is 5. The maximum absolute atomic E-state index is 8.81. The van der Waals surface area contributed by atoms with Gasteiger partial charge in [0, 0.05) is 18.5 Å². The average molecular weight is 219 g/mol. The molecule has 0 bridgehead atoms. The molecule has 0 aliphatic rings. The van der Waals surface area contributed by atoms with Crippen LogP contribution in [0.2, 0.25) is 0 Å². The van der Waals surface area contributed by atoms with Gasteiger partial charge in [0.1, 0.15) is 5.58 Å². The second-order valence-corrected chi connectivity index (χ2v) is 4.03. The molecule has 16 heavy (non-hydrogen) atoms. The molecule has 0 aliphatic carbocycles. The molecule has 3 heteroatoms. The first-order valence-corrected chi connectivity index (χ1v) is 5.56. The average Bonchev–Trinajstić information content (AvgIpc) is 2.70. The van der Waals surface area contributed by atoms with E-state index in [0.717, 1.165) is 25.1 Å². The first-order valence-electron chi connectivity index (χ1n) is 5.56. The molecular formula is C13H17NO2. The van der Waals surface area contributed by atoms with Crippen molar-refractivity contribution in [3.05, 3.63) is 36.1 Å². The van der Waals surface area contributed by atoms with E-state index in [9.17, 15) is 0 Å². The van der Waals surface area contributed by atoms with Crippen LogP contribution in [0.25, 0.3) is 11.0 Å². The van der Waals surface area contributed by atoms with Crippen molar-refractivity contribution >= 4 is 11.0 Å². The summed E-state index contributed by atoms with van der Waals surface area (Å²) in [6, 6.07) is 8.07. The van der Waals surface area contributed by atoms with E-state index in [2.05, 4.69) is 11.0 Å². The predicted molar refractivity (Wildman–Crippen MR) is 64.5 cm³/mol. The predicted octanol–water partition coefficient (Wildman–Crippen LogP) is 1.90. The smallest absolute Gasteiger partial charge is 0.134 e.